The minimum atomic E-state index is 0.230. The second-order valence-electron chi connectivity index (χ2n) is 7.74. The van der Waals surface area contributed by atoms with Crippen LogP contribution in [0.5, 0.6) is 0 Å². The summed E-state index contributed by atoms with van der Waals surface area (Å²) in [4.78, 5) is 0. The summed E-state index contributed by atoms with van der Waals surface area (Å²) in [6, 6.07) is 0.732. The van der Waals surface area contributed by atoms with Crippen LogP contribution in [0, 0.1) is 5.92 Å². The smallest absolute Gasteiger partial charge is 0.154 e. The lowest BCUT2D eigenvalue weighted by atomic mass is 9.99. The van der Waals surface area contributed by atoms with Gasteiger partial charge >= 0.3 is 0 Å². The standard InChI is InChI=1S/C17H28N8/c1-12(2)8-13-9-14(19-18-13)15-10-24(23-20-15)11-17-22-21-16-6-4-3-5-7-25(16)17/h10,12-14,18-19H,3-9,11H2,1-2H3. The molecule has 2 aliphatic heterocycles. The highest BCUT2D eigenvalue weighted by atomic mass is 15.5. The molecule has 2 unspecified atom stereocenters. The van der Waals surface area contributed by atoms with Crippen LogP contribution in [0.1, 0.15) is 69.3 Å². The molecule has 0 radical (unpaired) electrons. The average Bonchev–Trinajstić information content (AvgIpc) is 3.26. The van der Waals surface area contributed by atoms with E-state index >= 15 is 0 Å². The zero-order valence-electron chi connectivity index (χ0n) is 15.1. The number of nitrogens with one attached hydrogen (secondary N) is 2. The van der Waals surface area contributed by atoms with Crippen molar-refractivity contribution in [1.82, 2.24) is 40.6 Å². The molecule has 2 aliphatic rings. The highest BCUT2D eigenvalue weighted by Gasteiger charge is 2.27. The Morgan fingerprint density at radius 2 is 2.08 bits per heavy atom. The molecule has 4 heterocycles. The van der Waals surface area contributed by atoms with Gasteiger partial charge in [0, 0.05) is 19.0 Å². The molecule has 1 saturated heterocycles. The molecule has 2 aromatic heterocycles. The van der Waals surface area contributed by atoms with Gasteiger partial charge in [0.05, 0.1) is 12.2 Å². The molecule has 25 heavy (non-hydrogen) atoms. The van der Waals surface area contributed by atoms with Crippen LogP contribution in [0.3, 0.4) is 0 Å². The summed E-state index contributed by atoms with van der Waals surface area (Å²) in [5.74, 6) is 2.80. The van der Waals surface area contributed by atoms with E-state index in [0.29, 0.717) is 18.5 Å². The normalized spacial score (nSPS) is 23.8. The summed E-state index contributed by atoms with van der Waals surface area (Å²) in [6.45, 7) is 6.17. The minimum absolute atomic E-state index is 0.230. The van der Waals surface area contributed by atoms with E-state index in [-0.39, 0.29) is 6.04 Å². The SMILES string of the molecule is CC(C)CC1CC(c2cn(Cc3nnc4n3CCCCC4)nn2)NN1. The molecule has 2 aromatic rings. The van der Waals surface area contributed by atoms with E-state index in [1.165, 1.54) is 25.7 Å². The van der Waals surface area contributed by atoms with Crippen LogP contribution in [-0.2, 0) is 19.5 Å². The molecular weight excluding hydrogens is 316 g/mol. The third-order valence-electron chi connectivity index (χ3n) is 5.14. The fourth-order valence-corrected chi connectivity index (χ4v) is 3.90. The van der Waals surface area contributed by atoms with Crippen molar-refractivity contribution < 1.29 is 0 Å². The Kier molecular flexibility index (Phi) is 4.80. The van der Waals surface area contributed by atoms with Gasteiger partial charge in [0.15, 0.2) is 5.82 Å². The highest BCUT2D eigenvalue weighted by molar-refractivity contribution is 5.05. The van der Waals surface area contributed by atoms with Crippen LogP contribution in [-0.4, -0.2) is 35.8 Å². The van der Waals surface area contributed by atoms with Crippen molar-refractivity contribution >= 4 is 0 Å². The zero-order valence-corrected chi connectivity index (χ0v) is 15.1. The number of hydrogen-bond donors (Lipinski definition) is 2. The third kappa shape index (κ3) is 3.74. The maximum atomic E-state index is 4.38. The van der Waals surface area contributed by atoms with Crippen molar-refractivity contribution in [2.75, 3.05) is 0 Å². The molecule has 4 rings (SSSR count). The van der Waals surface area contributed by atoms with Crippen LogP contribution >= 0.6 is 0 Å². The van der Waals surface area contributed by atoms with Gasteiger partial charge in [-0.3, -0.25) is 5.43 Å². The number of hydrogen-bond acceptors (Lipinski definition) is 6. The van der Waals surface area contributed by atoms with E-state index in [1.54, 1.807) is 0 Å². The second kappa shape index (κ2) is 7.21. The van der Waals surface area contributed by atoms with Crippen LogP contribution in [0.15, 0.2) is 6.20 Å². The number of rotatable bonds is 5. The first-order chi connectivity index (χ1) is 12.2. The molecule has 1 fully saturated rings. The molecule has 0 bridgehead atoms. The summed E-state index contributed by atoms with van der Waals surface area (Å²) in [5, 5.41) is 17.4. The topological polar surface area (TPSA) is 85.5 Å². The molecule has 8 nitrogen and oxygen atoms in total. The third-order valence-corrected chi connectivity index (χ3v) is 5.14. The first-order valence-corrected chi connectivity index (χ1v) is 9.51. The largest absolute Gasteiger partial charge is 0.313 e. The average molecular weight is 344 g/mol. The zero-order chi connectivity index (χ0) is 17.2. The predicted octanol–water partition coefficient (Wildman–Crippen LogP) is 1.60. The Hall–Kier alpha value is -1.80. The van der Waals surface area contributed by atoms with E-state index in [9.17, 15) is 0 Å². The Morgan fingerprint density at radius 1 is 1.16 bits per heavy atom. The van der Waals surface area contributed by atoms with E-state index in [2.05, 4.69) is 49.8 Å². The van der Waals surface area contributed by atoms with E-state index in [0.717, 1.165) is 36.7 Å². The number of hydrazine groups is 1. The molecule has 8 heteroatoms. The Labute approximate surface area is 148 Å². The molecule has 0 saturated carbocycles. The fourth-order valence-electron chi connectivity index (χ4n) is 3.90. The number of aromatic nitrogens is 6. The summed E-state index contributed by atoms with van der Waals surface area (Å²) in [7, 11) is 0. The maximum Gasteiger partial charge on any atom is 0.154 e. The van der Waals surface area contributed by atoms with Gasteiger partial charge in [0.2, 0.25) is 0 Å². The van der Waals surface area contributed by atoms with Crippen LogP contribution in [0.4, 0.5) is 0 Å². The van der Waals surface area contributed by atoms with Crippen molar-refractivity contribution in [3.8, 4) is 0 Å². The molecule has 0 amide bonds. The van der Waals surface area contributed by atoms with E-state index in [1.807, 2.05) is 10.9 Å². The Bertz CT molecular complexity index is 703. The highest BCUT2D eigenvalue weighted by Crippen LogP contribution is 2.23. The van der Waals surface area contributed by atoms with Gasteiger partial charge in [-0.2, -0.15) is 0 Å². The Morgan fingerprint density at radius 3 is 2.96 bits per heavy atom. The lowest BCUT2D eigenvalue weighted by Crippen LogP contribution is -2.31. The molecule has 2 atom stereocenters. The van der Waals surface area contributed by atoms with Gasteiger partial charge in [-0.1, -0.05) is 25.5 Å². The fraction of sp³-hybridized carbons (Fsp3) is 0.765. The summed E-state index contributed by atoms with van der Waals surface area (Å²) in [5.41, 5.74) is 7.74. The molecule has 2 N–H and O–H groups in total. The second-order valence-corrected chi connectivity index (χ2v) is 7.74. The predicted molar refractivity (Wildman–Crippen MR) is 93.6 cm³/mol. The number of nitrogens with zero attached hydrogens (tertiary/aromatic N) is 6. The molecule has 136 valence electrons. The van der Waals surface area contributed by atoms with Gasteiger partial charge in [-0.25, -0.2) is 10.1 Å². The van der Waals surface area contributed by atoms with Crippen molar-refractivity contribution in [3.05, 3.63) is 23.5 Å². The van der Waals surface area contributed by atoms with Gasteiger partial charge in [-0.15, -0.1) is 15.3 Å². The number of aryl methyl sites for hydroxylation is 1. The molecule has 0 aliphatic carbocycles. The van der Waals surface area contributed by atoms with Crippen LogP contribution in [0.2, 0.25) is 0 Å². The van der Waals surface area contributed by atoms with E-state index in [4.69, 9.17) is 0 Å². The summed E-state index contributed by atoms with van der Waals surface area (Å²) >= 11 is 0. The first kappa shape index (κ1) is 16.7. The van der Waals surface area contributed by atoms with Crippen LogP contribution in [0.25, 0.3) is 0 Å². The van der Waals surface area contributed by atoms with Gasteiger partial charge in [0.25, 0.3) is 0 Å². The van der Waals surface area contributed by atoms with Gasteiger partial charge in [0.1, 0.15) is 18.1 Å². The molecular formula is C17H28N8. The van der Waals surface area contributed by atoms with E-state index < -0.39 is 0 Å². The Balaban J connectivity index is 1.42. The van der Waals surface area contributed by atoms with Crippen molar-refractivity contribution in [2.45, 2.75) is 77.5 Å². The maximum absolute atomic E-state index is 4.38. The van der Waals surface area contributed by atoms with Crippen molar-refractivity contribution in [3.63, 3.8) is 0 Å². The lowest BCUT2D eigenvalue weighted by molar-refractivity contribution is 0.446. The lowest BCUT2D eigenvalue weighted by Gasteiger charge is -2.11. The van der Waals surface area contributed by atoms with Gasteiger partial charge < -0.3 is 4.57 Å². The van der Waals surface area contributed by atoms with Crippen LogP contribution < -0.4 is 10.9 Å². The minimum Gasteiger partial charge on any atom is -0.313 e. The van der Waals surface area contributed by atoms with Gasteiger partial charge in [-0.05, 0) is 31.6 Å². The molecule has 0 spiro atoms. The monoisotopic (exact) mass is 344 g/mol. The summed E-state index contributed by atoms with van der Waals surface area (Å²) < 4.78 is 4.15. The van der Waals surface area contributed by atoms with Crippen molar-refractivity contribution in [2.24, 2.45) is 5.92 Å². The first-order valence-electron chi connectivity index (χ1n) is 9.51. The molecule has 0 aromatic carbocycles. The number of fused-ring (bicyclic) bond motifs is 1. The quantitative estimate of drug-likeness (QED) is 0.857. The van der Waals surface area contributed by atoms with Crippen molar-refractivity contribution in [1.29, 1.82) is 0 Å². The summed E-state index contributed by atoms with van der Waals surface area (Å²) in [6.07, 6.45) is 8.98.